The number of rotatable bonds is 5. The van der Waals surface area contributed by atoms with Crippen LogP contribution in [-0.2, 0) is 18.8 Å². The minimum Gasteiger partial charge on any atom is -0.416 e. The predicted octanol–water partition coefficient (Wildman–Crippen LogP) is 4.46. The first-order chi connectivity index (χ1) is 12.9. The summed E-state index contributed by atoms with van der Waals surface area (Å²) in [6, 6.07) is 0. The Bertz CT molecular complexity index is 785. The smallest absolute Gasteiger partial charge is 0.192 e. The van der Waals surface area contributed by atoms with Gasteiger partial charge < -0.3 is 9.16 Å². The highest BCUT2D eigenvalue weighted by Crippen LogP contribution is 2.66. The number of epoxide rings is 1. The molecule has 4 aliphatic rings. The van der Waals surface area contributed by atoms with Gasteiger partial charge in [-0.25, -0.2) is 0 Å². The summed E-state index contributed by atoms with van der Waals surface area (Å²) in [5.41, 5.74) is -0.478. The Kier molecular flexibility index (Phi) is 4.33. The van der Waals surface area contributed by atoms with Crippen molar-refractivity contribution in [3.05, 3.63) is 23.8 Å². The third kappa shape index (κ3) is 2.55. The lowest BCUT2D eigenvalue weighted by molar-refractivity contribution is -0.149. The third-order valence-corrected chi connectivity index (χ3v) is 12.6. The Morgan fingerprint density at radius 2 is 1.93 bits per heavy atom. The quantitative estimate of drug-likeness (QED) is 0.387. The van der Waals surface area contributed by atoms with Gasteiger partial charge in [-0.05, 0) is 50.2 Å². The molecule has 0 radical (unpaired) electrons. The number of hydrogen-bond donors (Lipinski definition) is 0. The van der Waals surface area contributed by atoms with E-state index in [2.05, 4.69) is 46.0 Å². The van der Waals surface area contributed by atoms with Crippen LogP contribution in [0.15, 0.2) is 23.8 Å². The second-order valence-electron chi connectivity index (χ2n) is 11.1. The van der Waals surface area contributed by atoms with Crippen molar-refractivity contribution in [2.45, 2.75) is 77.3 Å². The fourth-order valence-corrected chi connectivity index (χ4v) is 6.30. The molecule has 3 aliphatic carbocycles. The van der Waals surface area contributed by atoms with Crippen LogP contribution in [0.4, 0.5) is 0 Å². The first kappa shape index (κ1) is 20.2. The van der Waals surface area contributed by atoms with Crippen molar-refractivity contribution in [3.63, 3.8) is 0 Å². The number of allylic oxidation sites excluding steroid dienone is 3. The van der Waals surface area contributed by atoms with Crippen molar-refractivity contribution in [2.24, 2.45) is 23.2 Å². The van der Waals surface area contributed by atoms with E-state index >= 15 is 0 Å². The molecule has 4 nitrogen and oxygen atoms in total. The second-order valence-corrected chi connectivity index (χ2v) is 15.9. The van der Waals surface area contributed by atoms with Gasteiger partial charge in [0.1, 0.15) is 0 Å². The molecular weight excluding hydrogens is 368 g/mol. The standard InChI is InChI=1S/C23H34O4Si/c1-14(2)10-11-23-18(24)17-15-8-9-16(12-15)22(17,19(25)20(23)27-23)13-26-28(6,7)21(3,4)5/h8-10,15-17,20H,11-13H2,1-7H3/t15-,16+,17+,20-,22+,23+/m0/s1. The van der Waals surface area contributed by atoms with Crippen molar-refractivity contribution in [2.75, 3.05) is 6.61 Å². The van der Waals surface area contributed by atoms with E-state index in [-0.39, 0.29) is 34.4 Å². The van der Waals surface area contributed by atoms with E-state index < -0.39 is 25.4 Å². The van der Waals surface area contributed by atoms with Crippen LogP contribution in [0.2, 0.25) is 18.1 Å². The van der Waals surface area contributed by atoms with Crippen molar-refractivity contribution < 1.29 is 18.8 Å². The van der Waals surface area contributed by atoms with E-state index in [1.807, 2.05) is 19.9 Å². The molecule has 0 unspecified atom stereocenters. The molecule has 4 rings (SSSR count). The molecular formula is C23H34O4Si. The van der Waals surface area contributed by atoms with Crippen LogP contribution in [-0.4, -0.2) is 38.2 Å². The normalized spacial score (nSPS) is 41.1. The molecule has 0 aromatic carbocycles. The van der Waals surface area contributed by atoms with Gasteiger partial charge >= 0.3 is 0 Å². The number of ketones is 2. The van der Waals surface area contributed by atoms with Crippen LogP contribution in [0.5, 0.6) is 0 Å². The minimum absolute atomic E-state index is 0.0671. The monoisotopic (exact) mass is 402 g/mol. The Morgan fingerprint density at radius 3 is 2.54 bits per heavy atom. The molecule has 0 N–H and O–H groups in total. The molecule has 5 heteroatoms. The zero-order chi connectivity index (χ0) is 20.7. The lowest BCUT2D eigenvalue weighted by Gasteiger charge is -2.46. The van der Waals surface area contributed by atoms with E-state index in [1.54, 1.807) is 0 Å². The zero-order valence-corrected chi connectivity index (χ0v) is 19.3. The summed E-state index contributed by atoms with van der Waals surface area (Å²) in [6.07, 6.45) is 7.18. The van der Waals surface area contributed by atoms with Gasteiger partial charge in [-0.3, -0.25) is 9.59 Å². The molecule has 0 aromatic heterocycles. The lowest BCUT2D eigenvalue weighted by Crippen LogP contribution is -2.60. The van der Waals surface area contributed by atoms with Gasteiger partial charge in [-0.15, -0.1) is 0 Å². The molecule has 2 saturated carbocycles. The molecule has 0 spiro atoms. The largest absolute Gasteiger partial charge is 0.416 e. The summed E-state index contributed by atoms with van der Waals surface area (Å²) in [4.78, 5) is 27.4. The maximum absolute atomic E-state index is 13.7. The topological polar surface area (TPSA) is 55.9 Å². The number of fused-ring (bicyclic) bond motifs is 6. The van der Waals surface area contributed by atoms with Gasteiger partial charge in [0.2, 0.25) is 0 Å². The highest BCUT2D eigenvalue weighted by atomic mass is 28.4. The minimum atomic E-state index is -2.03. The Labute approximate surface area is 169 Å². The molecule has 2 bridgehead atoms. The van der Waals surface area contributed by atoms with Crippen LogP contribution >= 0.6 is 0 Å². The van der Waals surface area contributed by atoms with E-state index in [0.717, 1.165) is 12.0 Å². The van der Waals surface area contributed by atoms with E-state index in [0.29, 0.717) is 13.0 Å². The molecule has 28 heavy (non-hydrogen) atoms. The van der Waals surface area contributed by atoms with Crippen LogP contribution in [0.1, 0.15) is 47.5 Å². The molecule has 3 fully saturated rings. The Hall–Kier alpha value is -1.04. The predicted molar refractivity (Wildman–Crippen MR) is 111 cm³/mol. The first-order valence-corrected chi connectivity index (χ1v) is 13.5. The fourth-order valence-electron chi connectivity index (χ4n) is 5.27. The lowest BCUT2D eigenvalue weighted by atomic mass is 9.57. The molecule has 1 heterocycles. The highest BCUT2D eigenvalue weighted by molar-refractivity contribution is 6.74. The van der Waals surface area contributed by atoms with E-state index in [9.17, 15) is 9.59 Å². The Morgan fingerprint density at radius 1 is 1.25 bits per heavy atom. The summed E-state index contributed by atoms with van der Waals surface area (Å²) in [6.45, 7) is 15.4. The van der Waals surface area contributed by atoms with Gasteiger partial charge in [0.25, 0.3) is 0 Å². The van der Waals surface area contributed by atoms with Crippen molar-refractivity contribution in [1.82, 2.24) is 0 Å². The molecule has 1 saturated heterocycles. The Balaban J connectivity index is 1.68. The number of hydrogen-bond acceptors (Lipinski definition) is 4. The van der Waals surface area contributed by atoms with Gasteiger partial charge in [-0.2, -0.15) is 0 Å². The molecule has 0 amide bonds. The maximum atomic E-state index is 13.7. The average molecular weight is 403 g/mol. The average Bonchev–Trinajstić information content (AvgIpc) is 3.01. The highest BCUT2D eigenvalue weighted by Gasteiger charge is 2.79. The summed E-state index contributed by atoms with van der Waals surface area (Å²) in [5, 5.41) is 0.0671. The van der Waals surface area contributed by atoms with Crippen LogP contribution in [0, 0.1) is 23.2 Å². The summed E-state index contributed by atoms with van der Waals surface area (Å²) in [7, 11) is -2.03. The van der Waals surface area contributed by atoms with Crippen LogP contribution < -0.4 is 0 Å². The van der Waals surface area contributed by atoms with E-state index in [1.165, 1.54) is 0 Å². The third-order valence-electron chi connectivity index (χ3n) is 8.14. The number of ether oxygens (including phenoxy) is 1. The SMILES string of the molecule is CC(C)=CC[C@]12O[C@H]1C(=O)[C@]1(CO[Si](C)(C)C(C)(C)C)[C@@H]3C=C[C@@H](C3)[C@@H]1C2=O. The molecule has 154 valence electrons. The van der Waals surface area contributed by atoms with Crippen LogP contribution in [0.25, 0.3) is 0 Å². The van der Waals surface area contributed by atoms with Crippen molar-refractivity contribution in [3.8, 4) is 0 Å². The summed E-state index contributed by atoms with van der Waals surface area (Å²) < 4.78 is 12.5. The number of Topliss-reactive ketones (excluding diaryl/α,β-unsaturated/α-hetero) is 2. The zero-order valence-electron chi connectivity index (χ0n) is 18.3. The second kappa shape index (κ2) is 5.99. The molecule has 6 atom stereocenters. The van der Waals surface area contributed by atoms with Crippen LogP contribution in [0.3, 0.4) is 0 Å². The van der Waals surface area contributed by atoms with Crippen molar-refractivity contribution in [1.29, 1.82) is 0 Å². The summed E-state index contributed by atoms with van der Waals surface area (Å²) in [5.74, 6) is 0.233. The van der Waals surface area contributed by atoms with Gasteiger partial charge in [-0.1, -0.05) is 44.6 Å². The van der Waals surface area contributed by atoms with Gasteiger partial charge in [0.15, 0.2) is 31.6 Å². The van der Waals surface area contributed by atoms with E-state index in [4.69, 9.17) is 9.16 Å². The summed E-state index contributed by atoms with van der Waals surface area (Å²) >= 11 is 0. The van der Waals surface area contributed by atoms with Crippen molar-refractivity contribution >= 4 is 19.9 Å². The number of carbonyl (C=O) groups is 2. The fraction of sp³-hybridized carbons (Fsp3) is 0.739. The van der Waals surface area contributed by atoms with Gasteiger partial charge in [0, 0.05) is 18.9 Å². The first-order valence-electron chi connectivity index (χ1n) is 10.6. The van der Waals surface area contributed by atoms with Gasteiger partial charge in [0.05, 0.1) is 5.41 Å². The molecule has 0 aromatic rings. The maximum Gasteiger partial charge on any atom is 0.192 e. The number of carbonyl (C=O) groups excluding carboxylic acids is 2. The molecule has 1 aliphatic heterocycles.